The molecule has 0 unspecified atom stereocenters. The molecule has 7 nitrogen and oxygen atoms in total. The number of carbonyl (C=O) groups is 3. The Kier molecular flexibility index (Phi) is 10.5. The summed E-state index contributed by atoms with van der Waals surface area (Å²) in [5.41, 5.74) is 2.00. The Bertz CT molecular complexity index is 871. The summed E-state index contributed by atoms with van der Waals surface area (Å²) in [7, 11) is 0. The molecular weight excluding hydrogens is 404 g/mol. The van der Waals surface area contributed by atoms with Gasteiger partial charge in [-0.15, -0.1) is 6.58 Å². The maximum absolute atomic E-state index is 12.7. The lowest BCUT2D eigenvalue weighted by Crippen LogP contribution is -2.46. The van der Waals surface area contributed by atoms with Crippen LogP contribution in [0.5, 0.6) is 0 Å². The van der Waals surface area contributed by atoms with Crippen molar-refractivity contribution in [1.82, 2.24) is 20.9 Å². The van der Waals surface area contributed by atoms with Gasteiger partial charge < -0.3 is 20.9 Å². The van der Waals surface area contributed by atoms with Crippen molar-refractivity contribution in [2.45, 2.75) is 38.9 Å². The highest BCUT2D eigenvalue weighted by Crippen LogP contribution is 2.08. The van der Waals surface area contributed by atoms with Crippen LogP contribution in [-0.2, 0) is 22.7 Å². The van der Waals surface area contributed by atoms with E-state index in [0.717, 1.165) is 11.1 Å². The topological polar surface area (TPSA) is 90.5 Å². The molecule has 0 saturated carbocycles. The van der Waals surface area contributed by atoms with Crippen LogP contribution < -0.4 is 16.0 Å². The molecule has 170 valence electrons. The van der Waals surface area contributed by atoms with Crippen LogP contribution in [0, 0.1) is 0 Å². The molecule has 0 aliphatic heterocycles. The average molecular weight is 437 g/mol. The number of benzene rings is 2. The summed E-state index contributed by atoms with van der Waals surface area (Å²) in [5, 5.41) is 8.40. The van der Waals surface area contributed by atoms with Gasteiger partial charge in [0.1, 0.15) is 6.04 Å². The van der Waals surface area contributed by atoms with E-state index in [1.807, 2.05) is 60.7 Å². The van der Waals surface area contributed by atoms with Crippen LogP contribution in [0.25, 0.3) is 0 Å². The molecule has 0 saturated heterocycles. The second-order valence-corrected chi connectivity index (χ2v) is 7.48. The zero-order valence-electron chi connectivity index (χ0n) is 18.5. The van der Waals surface area contributed by atoms with Crippen molar-refractivity contribution in [3.63, 3.8) is 0 Å². The minimum Gasteiger partial charge on any atom is -0.350 e. The fourth-order valence-electron chi connectivity index (χ4n) is 3.24. The van der Waals surface area contributed by atoms with Gasteiger partial charge in [-0.3, -0.25) is 9.59 Å². The number of rotatable bonds is 12. The molecule has 2 aromatic carbocycles. The summed E-state index contributed by atoms with van der Waals surface area (Å²) in [6.07, 6.45) is 2.60. The number of nitrogens with one attached hydrogen (secondary N) is 3. The first-order valence-corrected chi connectivity index (χ1v) is 10.8. The average Bonchev–Trinajstić information content (AvgIpc) is 2.80. The second kappa shape index (κ2) is 13.6. The standard InChI is InChI=1S/C25H32N4O3/c1-3-16-26-25(32)29(19-22-13-8-5-9-14-22)17-10-15-23(28-20(2)30)24(31)27-18-21-11-6-4-7-12-21/h3-9,11-14,23H,1,10,15-19H2,2H3,(H,26,32)(H,27,31)(H,28,30)/t23-/m0/s1. The van der Waals surface area contributed by atoms with E-state index < -0.39 is 6.04 Å². The molecule has 3 N–H and O–H groups in total. The molecule has 0 aliphatic rings. The Balaban J connectivity index is 1.95. The van der Waals surface area contributed by atoms with Gasteiger partial charge in [-0.05, 0) is 24.0 Å². The van der Waals surface area contributed by atoms with E-state index in [-0.39, 0.29) is 17.8 Å². The van der Waals surface area contributed by atoms with Gasteiger partial charge >= 0.3 is 6.03 Å². The lowest BCUT2D eigenvalue weighted by Gasteiger charge is -2.24. The van der Waals surface area contributed by atoms with Crippen LogP contribution in [0.4, 0.5) is 4.79 Å². The molecule has 7 heteroatoms. The molecule has 0 aromatic heterocycles. The van der Waals surface area contributed by atoms with E-state index in [1.165, 1.54) is 6.92 Å². The Morgan fingerprint density at radius 2 is 1.59 bits per heavy atom. The second-order valence-electron chi connectivity index (χ2n) is 7.48. The molecule has 32 heavy (non-hydrogen) atoms. The lowest BCUT2D eigenvalue weighted by atomic mass is 10.1. The van der Waals surface area contributed by atoms with E-state index in [4.69, 9.17) is 0 Å². The summed E-state index contributed by atoms with van der Waals surface area (Å²) < 4.78 is 0. The van der Waals surface area contributed by atoms with E-state index in [9.17, 15) is 14.4 Å². The Hall–Kier alpha value is -3.61. The smallest absolute Gasteiger partial charge is 0.317 e. The number of amides is 4. The molecule has 1 atom stereocenters. The molecule has 4 amide bonds. The van der Waals surface area contributed by atoms with Gasteiger partial charge in [0.15, 0.2) is 0 Å². The molecule has 0 spiro atoms. The molecule has 2 rings (SSSR count). The Morgan fingerprint density at radius 1 is 0.969 bits per heavy atom. The van der Waals surface area contributed by atoms with Crippen LogP contribution in [0.2, 0.25) is 0 Å². The minimum atomic E-state index is -0.661. The van der Waals surface area contributed by atoms with Crippen LogP contribution in [0.1, 0.15) is 30.9 Å². The normalized spacial score (nSPS) is 11.2. The number of carbonyl (C=O) groups excluding carboxylic acids is 3. The number of hydrogen-bond acceptors (Lipinski definition) is 3. The maximum Gasteiger partial charge on any atom is 0.317 e. The summed E-state index contributed by atoms with van der Waals surface area (Å²) >= 11 is 0. The first-order chi connectivity index (χ1) is 15.5. The van der Waals surface area contributed by atoms with Crippen molar-refractivity contribution in [2.24, 2.45) is 0 Å². The first kappa shape index (κ1) is 24.7. The molecular formula is C25H32N4O3. The molecule has 0 bridgehead atoms. The van der Waals surface area contributed by atoms with Gasteiger partial charge in [0.2, 0.25) is 11.8 Å². The summed E-state index contributed by atoms with van der Waals surface area (Å²) in [4.78, 5) is 38.6. The third-order valence-corrected chi connectivity index (χ3v) is 4.83. The Morgan fingerprint density at radius 3 is 2.19 bits per heavy atom. The number of nitrogens with zero attached hydrogens (tertiary/aromatic N) is 1. The van der Waals surface area contributed by atoms with Crippen molar-refractivity contribution in [1.29, 1.82) is 0 Å². The summed E-state index contributed by atoms with van der Waals surface area (Å²) in [6, 6.07) is 18.4. The molecule has 0 aliphatic carbocycles. The number of urea groups is 1. The fraction of sp³-hybridized carbons (Fsp3) is 0.320. The van der Waals surface area contributed by atoms with Gasteiger partial charge in [-0.1, -0.05) is 66.7 Å². The zero-order chi connectivity index (χ0) is 23.2. The van der Waals surface area contributed by atoms with Gasteiger partial charge in [-0.2, -0.15) is 0 Å². The van der Waals surface area contributed by atoms with Crippen molar-refractivity contribution < 1.29 is 14.4 Å². The van der Waals surface area contributed by atoms with Crippen LogP contribution in [-0.4, -0.2) is 41.9 Å². The van der Waals surface area contributed by atoms with Crippen LogP contribution in [0.15, 0.2) is 73.3 Å². The third-order valence-electron chi connectivity index (χ3n) is 4.83. The highest BCUT2D eigenvalue weighted by molar-refractivity contribution is 5.86. The summed E-state index contributed by atoms with van der Waals surface area (Å²) in [6.45, 7) is 6.68. The predicted molar refractivity (Wildman–Crippen MR) is 126 cm³/mol. The molecule has 0 heterocycles. The third kappa shape index (κ3) is 9.04. The van der Waals surface area contributed by atoms with E-state index in [2.05, 4.69) is 22.5 Å². The van der Waals surface area contributed by atoms with Crippen molar-refractivity contribution in [3.8, 4) is 0 Å². The van der Waals surface area contributed by atoms with Gasteiger partial charge in [0.05, 0.1) is 0 Å². The van der Waals surface area contributed by atoms with Crippen molar-refractivity contribution in [2.75, 3.05) is 13.1 Å². The van der Waals surface area contributed by atoms with Gasteiger partial charge in [0, 0.05) is 33.1 Å². The molecule has 2 aromatic rings. The largest absolute Gasteiger partial charge is 0.350 e. The SMILES string of the molecule is C=CCNC(=O)N(CCC[C@H](NC(C)=O)C(=O)NCc1ccccc1)Cc1ccccc1. The minimum absolute atomic E-state index is 0.196. The van der Waals surface area contributed by atoms with E-state index in [0.29, 0.717) is 39.0 Å². The quantitative estimate of drug-likeness (QED) is 0.447. The van der Waals surface area contributed by atoms with Crippen molar-refractivity contribution >= 4 is 17.8 Å². The number of hydrogen-bond donors (Lipinski definition) is 3. The fourth-order valence-corrected chi connectivity index (χ4v) is 3.24. The molecule has 0 fully saturated rings. The van der Waals surface area contributed by atoms with E-state index in [1.54, 1.807) is 11.0 Å². The van der Waals surface area contributed by atoms with E-state index >= 15 is 0 Å². The zero-order valence-corrected chi connectivity index (χ0v) is 18.5. The van der Waals surface area contributed by atoms with Crippen LogP contribution >= 0.6 is 0 Å². The molecule has 0 radical (unpaired) electrons. The van der Waals surface area contributed by atoms with Gasteiger partial charge in [0.25, 0.3) is 0 Å². The lowest BCUT2D eigenvalue weighted by molar-refractivity contribution is -0.128. The predicted octanol–water partition coefficient (Wildman–Crippen LogP) is 2.99. The van der Waals surface area contributed by atoms with Crippen LogP contribution in [0.3, 0.4) is 0 Å². The first-order valence-electron chi connectivity index (χ1n) is 10.8. The highest BCUT2D eigenvalue weighted by atomic mass is 16.2. The summed E-state index contributed by atoms with van der Waals surface area (Å²) in [5.74, 6) is -0.510. The Labute approximate surface area is 189 Å². The van der Waals surface area contributed by atoms with Crippen molar-refractivity contribution in [3.05, 3.63) is 84.4 Å². The van der Waals surface area contributed by atoms with Gasteiger partial charge in [-0.25, -0.2) is 4.79 Å². The highest BCUT2D eigenvalue weighted by Gasteiger charge is 2.20. The monoisotopic (exact) mass is 436 g/mol. The maximum atomic E-state index is 12.7.